The first-order chi connectivity index (χ1) is 15.6. The normalized spacial score (nSPS) is 18.1. The minimum absolute atomic E-state index is 0.0337. The van der Waals surface area contributed by atoms with Crippen molar-refractivity contribution in [2.45, 2.75) is 39.2 Å². The number of rotatable bonds is 3. The number of halogens is 1. The van der Waals surface area contributed by atoms with Crippen molar-refractivity contribution in [1.82, 2.24) is 4.98 Å². The molecule has 168 valence electrons. The number of hydrogen-bond donors (Lipinski definition) is 1. The van der Waals surface area contributed by atoms with Gasteiger partial charge in [0, 0.05) is 28.7 Å². The van der Waals surface area contributed by atoms with Gasteiger partial charge in [0.25, 0.3) is 11.7 Å². The van der Waals surface area contributed by atoms with Gasteiger partial charge in [-0.1, -0.05) is 62.7 Å². The fourth-order valence-corrected chi connectivity index (χ4v) is 4.15. The standard InChI is InChI=1S/C27H25ClN2O3/c1-16-5-10-20(15-21(16)28)30-23(17-6-8-19(9-7-17)27(2,3)4)22(25(32)26(30)33)24(31)18-11-13-29-14-12-18/h5-15,23,31H,1-4H3/b24-22+. The second kappa shape index (κ2) is 8.49. The predicted octanol–water partition coefficient (Wildman–Crippen LogP) is 5.97. The minimum Gasteiger partial charge on any atom is -0.507 e. The van der Waals surface area contributed by atoms with Gasteiger partial charge in [0.2, 0.25) is 0 Å². The number of carbonyl (C=O) groups excluding carboxylic acids is 2. The highest BCUT2D eigenvalue weighted by molar-refractivity contribution is 6.51. The predicted molar refractivity (Wildman–Crippen MR) is 130 cm³/mol. The number of pyridine rings is 1. The molecule has 3 aromatic rings. The SMILES string of the molecule is Cc1ccc(N2C(=O)C(=O)/C(=C(/O)c3ccncc3)C2c2ccc(C(C)(C)C)cc2)cc1Cl. The Hall–Kier alpha value is -3.44. The number of aromatic nitrogens is 1. The van der Waals surface area contributed by atoms with E-state index in [1.54, 1.807) is 30.3 Å². The Morgan fingerprint density at radius 1 is 1.00 bits per heavy atom. The molecular formula is C27H25ClN2O3. The average Bonchev–Trinajstić information content (AvgIpc) is 3.06. The maximum atomic E-state index is 13.2. The van der Waals surface area contributed by atoms with Crippen LogP contribution in [-0.4, -0.2) is 21.8 Å². The van der Waals surface area contributed by atoms with Crippen LogP contribution in [0.25, 0.3) is 5.76 Å². The van der Waals surface area contributed by atoms with Gasteiger partial charge in [0.1, 0.15) is 5.76 Å². The highest BCUT2D eigenvalue weighted by Crippen LogP contribution is 2.43. The zero-order valence-corrected chi connectivity index (χ0v) is 19.7. The van der Waals surface area contributed by atoms with Crippen LogP contribution in [0.2, 0.25) is 5.02 Å². The first kappa shape index (κ1) is 22.7. The van der Waals surface area contributed by atoms with E-state index in [4.69, 9.17) is 11.6 Å². The summed E-state index contributed by atoms with van der Waals surface area (Å²) >= 11 is 6.34. The summed E-state index contributed by atoms with van der Waals surface area (Å²) in [6.45, 7) is 8.22. The first-order valence-corrected chi connectivity index (χ1v) is 11.1. The summed E-state index contributed by atoms with van der Waals surface area (Å²) in [5.74, 6) is -1.69. The van der Waals surface area contributed by atoms with E-state index in [-0.39, 0.29) is 16.7 Å². The summed E-state index contributed by atoms with van der Waals surface area (Å²) in [6.07, 6.45) is 3.05. The van der Waals surface area contributed by atoms with Gasteiger partial charge < -0.3 is 5.11 Å². The Morgan fingerprint density at radius 2 is 1.64 bits per heavy atom. The Kier molecular flexibility index (Phi) is 5.85. The molecule has 0 spiro atoms. The summed E-state index contributed by atoms with van der Waals surface area (Å²) in [5, 5.41) is 11.6. The van der Waals surface area contributed by atoms with Gasteiger partial charge in [-0.05, 0) is 53.3 Å². The number of nitrogens with zero attached hydrogens (tertiary/aromatic N) is 2. The molecule has 5 nitrogen and oxygen atoms in total. The van der Waals surface area contributed by atoms with Gasteiger partial charge in [0.05, 0.1) is 11.6 Å². The molecule has 0 saturated carbocycles. The third-order valence-corrected chi connectivity index (χ3v) is 6.33. The van der Waals surface area contributed by atoms with Crippen molar-refractivity contribution in [2.24, 2.45) is 0 Å². The van der Waals surface area contributed by atoms with Gasteiger partial charge in [-0.2, -0.15) is 0 Å². The molecule has 1 unspecified atom stereocenters. The summed E-state index contributed by atoms with van der Waals surface area (Å²) in [7, 11) is 0. The van der Waals surface area contributed by atoms with E-state index in [1.165, 1.54) is 17.3 Å². The number of amides is 1. The van der Waals surface area contributed by atoms with Crippen LogP contribution in [0.1, 0.15) is 49.1 Å². The van der Waals surface area contributed by atoms with Gasteiger partial charge in [0.15, 0.2) is 0 Å². The number of ketones is 1. The summed E-state index contributed by atoms with van der Waals surface area (Å²) in [6, 6.07) is 15.4. The van der Waals surface area contributed by atoms with Crippen molar-refractivity contribution >= 4 is 34.7 Å². The van der Waals surface area contributed by atoms with Crippen molar-refractivity contribution in [2.75, 3.05) is 4.90 Å². The smallest absolute Gasteiger partial charge is 0.300 e. The third kappa shape index (κ3) is 4.16. The van der Waals surface area contributed by atoms with E-state index >= 15 is 0 Å². The van der Waals surface area contributed by atoms with Gasteiger partial charge >= 0.3 is 0 Å². The molecule has 1 aliphatic heterocycles. The maximum absolute atomic E-state index is 13.2. The van der Waals surface area contributed by atoms with Crippen LogP contribution in [0.3, 0.4) is 0 Å². The largest absolute Gasteiger partial charge is 0.507 e. The molecule has 0 bridgehead atoms. The van der Waals surface area contributed by atoms with Crippen LogP contribution in [0.4, 0.5) is 5.69 Å². The lowest BCUT2D eigenvalue weighted by Crippen LogP contribution is -2.29. The molecule has 1 atom stereocenters. The summed E-state index contributed by atoms with van der Waals surface area (Å²) < 4.78 is 0. The quantitative estimate of drug-likeness (QED) is 0.297. The van der Waals surface area contributed by atoms with Gasteiger partial charge in [-0.15, -0.1) is 0 Å². The Morgan fingerprint density at radius 3 is 2.21 bits per heavy atom. The zero-order chi connectivity index (χ0) is 23.9. The van der Waals surface area contributed by atoms with Crippen LogP contribution in [-0.2, 0) is 15.0 Å². The van der Waals surface area contributed by atoms with Crippen LogP contribution >= 0.6 is 11.6 Å². The van der Waals surface area contributed by atoms with E-state index < -0.39 is 17.7 Å². The summed E-state index contributed by atoms with van der Waals surface area (Å²) in [5.41, 5.74) is 3.59. The van der Waals surface area contributed by atoms with E-state index in [0.29, 0.717) is 16.3 Å². The number of aliphatic hydroxyl groups is 1. The van der Waals surface area contributed by atoms with E-state index in [2.05, 4.69) is 25.8 Å². The molecule has 0 radical (unpaired) electrons. The van der Waals surface area contributed by atoms with Crippen molar-refractivity contribution < 1.29 is 14.7 Å². The van der Waals surface area contributed by atoms with E-state index in [1.807, 2.05) is 31.2 Å². The van der Waals surface area contributed by atoms with Crippen molar-refractivity contribution in [3.63, 3.8) is 0 Å². The molecule has 1 N–H and O–H groups in total. The van der Waals surface area contributed by atoms with Crippen LogP contribution in [0.5, 0.6) is 0 Å². The number of aryl methyl sites for hydroxylation is 1. The number of hydrogen-bond acceptors (Lipinski definition) is 4. The minimum atomic E-state index is -0.800. The fourth-order valence-electron chi connectivity index (χ4n) is 3.98. The van der Waals surface area contributed by atoms with Crippen molar-refractivity contribution in [1.29, 1.82) is 0 Å². The second-order valence-corrected chi connectivity index (χ2v) is 9.62. The molecule has 2 heterocycles. The number of benzene rings is 2. The molecular weight excluding hydrogens is 436 g/mol. The molecule has 6 heteroatoms. The number of aliphatic hydroxyl groups excluding tert-OH is 1. The summed E-state index contributed by atoms with van der Waals surface area (Å²) in [4.78, 5) is 31.8. The number of Topliss-reactive ketones (excluding diaryl/α,β-unsaturated/α-hetero) is 1. The second-order valence-electron chi connectivity index (χ2n) is 9.21. The van der Waals surface area contributed by atoms with Crippen molar-refractivity contribution in [3.8, 4) is 0 Å². The highest BCUT2D eigenvalue weighted by atomic mass is 35.5. The Labute approximate surface area is 198 Å². The zero-order valence-electron chi connectivity index (χ0n) is 19.0. The number of anilines is 1. The average molecular weight is 461 g/mol. The molecule has 1 fully saturated rings. The van der Waals surface area contributed by atoms with Crippen molar-refractivity contribution in [3.05, 3.63) is 99.8 Å². The van der Waals surface area contributed by atoms with E-state index in [0.717, 1.165) is 16.7 Å². The molecule has 0 aliphatic carbocycles. The number of carbonyl (C=O) groups is 2. The Balaban J connectivity index is 1.93. The topological polar surface area (TPSA) is 70.5 Å². The Bertz CT molecular complexity index is 1260. The molecule has 1 amide bonds. The van der Waals surface area contributed by atoms with Gasteiger partial charge in [-0.3, -0.25) is 19.5 Å². The van der Waals surface area contributed by atoms with E-state index in [9.17, 15) is 14.7 Å². The third-order valence-electron chi connectivity index (χ3n) is 5.92. The maximum Gasteiger partial charge on any atom is 0.300 e. The molecule has 1 aromatic heterocycles. The highest BCUT2D eigenvalue weighted by Gasteiger charge is 2.47. The monoisotopic (exact) mass is 460 g/mol. The molecule has 1 aliphatic rings. The molecule has 33 heavy (non-hydrogen) atoms. The first-order valence-electron chi connectivity index (χ1n) is 10.7. The molecule has 1 saturated heterocycles. The molecule has 2 aromatic carbocycles. The van der Waals surface area contributed by atoms with Gasteiger partial charge in [-0.25, -0.2) is 0 Å². The van der Waals surface area contributed by atoms with Crippen LogP contribution in [0.15, 0.2) is 72.6 Å². The van der Waals surface area contributed by atoms with Crippen LogP contribution < -0.4 is 4.90 Å². The van der Waals surface area contributed by atoms with Crippen LogP contribution in [0, 0.1) is 6.92 Å². The fraction of sp³-hybridized carbons (Fsp3) is 0.222. The lowest BCUT2D eigenvalue weighted by atomic mass is 9.85. The lowest BCUT2D eigenvalue weighted by Gasteiger charge is -2.27. The lowest BCUT2D eigenvalue weighted by molar-refractivity contribution is -0.132. The molecule has 4 rings (SSSR count).